The molecule has 0 saturated carbocycles. The molecule has 2 aromatic rings. The third kappa shape index (κ3) is 5.85. The molecule has 0 unspecified atom stereocenters. The van der Waals surface area contributed by atoms with Crippen molar-refractivity contribution in [2.75, 3.05) is 26.4 Å². The molecule has 0 radical (unpaired) electrons. The van der Waals surface area contributed by atoms with Crippen LogP contribution in [0, 0.1) is 27.7 Å². The molecule has 0 fully saturated rings. The first-order valence-corrected chi connectivity index (χ1v) is 11.6. The number of sulfonamides is 1. The van der Waals surface area contributed by atoms with Crippen LogP contribution in [0.15, 0.2) is 27.5 Å². The van der Waals surface area contributed by atoms with Gasteiger partial charge in [-0.15, -0.1) is 0 Å². The maximum Gasteiger partial charge on any atom is 0.241 e. The minimum atomic E-state index is -3.51. The first-order chi connectivity index (χ1) is 12.6. The molecule has 1 N–H and O–H groups in total. The van der Waals surface area contributed by atoms with Crippen molar-refractivity contribution in [2.45, 2.75) is 44.9 Å². The van der Waals surface area contributed by atoms with Gasteiger partial charge in [0.1, 0.15) is 11.5 Å². The maximum absolute atomic E-state index is 12.8. The van der Waals surface area contributed by atoms with E-state index in [1.807, 2.05) is 60.0 Å². The van der Waals surface area contributed by atoms with Crippen molar-refractivity contribution in [3.05, 3.63) is 52.0 Å². The van der Waals surface area contributed by atoms with Crippen LogP contribution in [0.3, 0.4) is 0 Å². The summed E-state index contributed by atoms with van der Waals surface area (Å²) >= 11 is 1.65. The quantitative estimate of drug-likeness (QED) is 0.637. The smallest absolute Gasteiger partial charge is 0.241 e. The van der Waals surface area contributed by atoms with Gasteiger partial charge in [-0.05, 0) is 76.2 Å². The average molecular weight is 411 g/mol. The average Bonchev–Trinajstić information content (AvgIpc) is 2.99. The van der Waals surface area contributed by atoms with E-state index in [4.69, 9.17) is 4.42 Å². The highest BCUT2D eigenvalue weighted by atomic mass is 32.2. The molecule has 0 aliphatic heterocycles. The molecule has 0 saturated heterocycles. The Kier molecular flexibility index (Phi) is 7.56. The summed E-state index contributed by atoms with van der Waals surface area (Å²) in [7, 11) is 0.491. The molecular weight excluding hydrogens is 380 g/mol. The molecule has 0 amide bonds. The first kappa shape index (κ1) is 22.0. The summed E-state index contributed by atoms with van der Waals surface area (Å²) in [4.78, 5) is 2.48. The predicted octanol–water partition coefficient (Wildman–Crippen LogP) is 3.79. The van der Waals surface area contributed by atoms with E-state index in [0.29, 0.717) is 17.2 Å². The van der Waals surface area contributed by atoms with Gasteiger partial charge in [-0.3, -0.25) is 0 Å². The fourth-order valence-corrected chi connectivity index (χ4v) is 5.49. The summed E-state index contributed by atoms with van der Waals surface area (Å²) in [5.74, 6) is 3.28. The zero-order chi connectivity index (χ0) is 20.2. The second-order valence-corrected chi connectivity index (χ2v) is 9.95. The minimum Gasteiger partial charge on any atom is -0.464 e. The number of furan rings is 1. The van der Waals surface area contributed by atoms with E-state index < -0.39 is 10.0 Å². The van der Waals surface area contributed by atoms with E-state index in [0.717, 1.165) is 46.1 Å². The van der Waals surface area contributed by atoms with Gasteiger partial charge in [-0.25, -0.2) is 13.1 Å². The summed E-state index contributed by atoms with van der Waals surface area (Å²) in [5.41, 5.74) is 3.64. The third-order valence-electron chi connectivity index (χ3n) is 4.54. The topological polar surface area (TPSA) is 62.6 Å². The minimum absolute atomic E-state index is 0.393. The summed E-state index contributed by atoms with van der Waals surface area (Å²) < 4.78 is 34.1. The van der Waals surface area contributed by atoms with Gasteiger partial charge in [0.25, 0.3) is 0 Å². The van der Waals surface area contributed by atoms with Crippen LogP contribution >= 0.6 is 11.8 Å². The molecule has 1 aromatic heterocycles. The first-order valence-electron chi connectivity index (χ1n) is 8.99. The van der Waals surface area contributed by atoms with E-state index in [1.54, 1.807) is 11.8 Å². The fourth-order valence-electron chi connectivity index (χ4n) is 2.97. The number of thioether (sulfide) groups is 1. The van der Waals surface area contributed by atoms with Gasteiger partial charge in [0.2, 0.25) is 10.0 Å². The fraction of sp³-hybridized carbons (Fsp3) is 0.500. The highest BCUT2D eigenvalue weighted by Crippen LogP contribution is 2.26. The number of nitrogens with zero attached hydrogens (tertiary/aromatic N) is 1. The molecule has 0 aliphatic carbocycles. The van der Waals surface area contributed by atoms with Crippen LogP contribution in [0.5, 0.6) is 0 Å². The Morgan fingerprint density at radius 2 is 1.63 bits per heavy atom. The number of hydrogen-bond acceptors (Lipinski definition) is 5. The number of hydrogen-bond donors (Lipinski definition) is 1. The molecule has 1 aromatic carbocycles. The van der Waals surface area contributed by atoms with Gasteiger partial charge in [0.05, 0.1) is 17.2 Å². The monoisotopic (exact) mass is 410 g/mol. The molecule has 27 heavy (non-hydrogen) atoms. The summed E-state index contributed by atoms with van der Waals surface area (Å²) in [5, 5.41) is 0. The lowest BCUT2D eigenvalue weighted by molar-refractivity contribution is 0.344. The van der Waals surface area contributed by atoms with Gasteiger partial charge < -0.3 is 9.32 Å². The Labute approximate surface area is 167 Å². The van der Waals surface area contributed by atoms with Crippen LogP contribution in [0.4, 0.5) is 0 Å². The van der Waals surface area contributed by atoms with Crippen molar-refractivity contribution in [3.63, 3.8) is 0 Å². The Balaban J connectivity index is 1.89. The Bertz CT molecular complexity index is 861. The summed E-state index contributed by atoms with van der Waals surface area (Å²) in [6.45, 7) is 8.80. The number of rotatable bonds is 9. The molecule has 5 nitrogen and oxygen atoms in total. The van der Waals surface area contributed by atoms with Crippen LogP contribution < -0.4 is 4.72 Å². The van der Waals surface area contributed by atoms with E-state index in [9.17, 15) is 8.42 Å². The van der Waals surface area contributed by atoms with Crippen LogP contribution in [-0.2, 0) is 22.3 Å². The molecule has 0 atom stereocenters. The Morgan fingerprint density at radius 1 is 1.04 bits per heavy atom. The molecular formula is C20H30N2O3S2. The predicted molar refractivity (Wildman–Crippen MR) is 113 cm³/mol. The Hall–Kier alpha value is -1.28. The second kappa shape index (κ2) is 9.28. The van der Waals surface area contributed by atoms with Gasteiger partial charge in [0, 0.05) is 12.3 Å². The van der Waals surface area contributed by atoms with Crippen LogP contribution in [-0.4, -0.2) is 39.7 Å². The standard InChI is InChI=1S/C20H30N2O3S2/c1-14-11-15(2)17(4)20(16(14)3)27(23,24)21-9-10-26-13-19-8-7-18(25-19)12-22(5)6/h7-8,11,21H,9-10,12-13H2,1-6H3. The molecule has 7 heteroatoms. The SMILES string of the molecule is Cc1cc(C)c(C)c(S(=O)(=O)NCCSCc2ccc(CN(C)C)o2)c1C. The summed E-state index contributed by atoms with van der Waals surface area (Å²) in [6.07, 6.45) is 0. The van der Waals surface area contributed by atoms with Crippen molar-refractivity contribution in [2.24, 2.45) is 0 Å². The number of benzene rings is 1. The van der Waals surface area contributed by atoms with Crippen molar-refractivity contribution < 1.29 is 12.8 Å². The lowest BCUT2D eigenvalue weighted by Gasteiger charge is -2.16. The van der Waals surface area contributed by atoms with E-state index in [1.165, 1.54) is 0 Å². The largest absolute Gasteiger partial charge is 0.464 e. The molecule has 0 spiro atoms. The lowest BCUT2D eigenvalue weighted by atomic mass is 10.0. The van der Waals surface area contributed by atoms with Crippen molar-refractivity contribution in [1.82, 2.24) is 9.62 Å². The maximum atomic E-state index is 12.8. The molecule has 0 aliphatic rings. The zero-order valence-corrected chi connectivity index (χ0v) is 18.7. The van der Waals surface area contributed by atoms with Gasteiger partial charge >= 0.3 is 0 Å². The highest BCUT2D eigenvalue weighted by Gasteiger charge is 2.21. The van der Waals surface area contributed by atoms with Crippen LogP contribution in [0.1, 0.15) is 33.8 Å². The Morgan fingerprint density at radius 3 is 2.22 bits per heavy atom. The third-order valence-corrected chi connectivity index (χ3v) is 7.25. The lowest BCUT2D eigenvalue weighted by Crippen LogP contribution is -2.28. The van der Waals surface area contributed by atoms with Crippen molar-refractivity contribution >= 4 is 21.8 Å². The van der Waals surface area contributed by atoms with E-state index >= 15 is 0 Å². The van der Waals surface area contributed by atoms with Gasteiger partial charge in [0.15, 0.2) is 0 Å². The molecule has 1 heterocycles. The molecule has 2 rings (SSSR count). The van der Waals surface area contributed by atoms with Gasteiger partial charge in [-0.1, -0.05) is 6.07 Å². The van der Waals surface area contributed by atoms with Crippen LogP contribution in [0.25, 0.3) is 0 Å². The number of nitrogens with one attached hydrogen (secondary N) is 1. The van der Waals surface area contributed by atoms with Crippen molar-refractivity contribution in [3.8, 4) is 0 Å². The van der Waals surface area contributed by atoms with E-state index in [-0.39, 0.29) is 0 Å². The van der Waals surface area contributed by atoms with Gasteiger partial charge in [-0.2, -0.15) is 11.8 Å². The van der Waals surface area contributed by atoms with Crippen LogP contribution in [0.2, 0.25) is 0 Å². The van der Waals surface area contributed by atoms with Crippen molar-refractivity contribution in [1.29, 1.82) is 0 Å². The molecule has 0 bridgehead atoms. The van der Waals surface area contributed by atoms with E-state index in [2.05, 4.69) is 9.62 Å². The zero-order valence-electron chi connectivity index (χ0n) is 17.0. The normalized spacial score (nSPS) is 12.1. The number of aryl methyl sites for hydroxylation is 2. The summed E-state index contributed by atoms with van der Waals surface area (Å²) in [6, 6.07) is 6.01. The molecule has 150 valence electrons. The highest BCUT2D eigenvalue weighted by molar-refractivity contribution is 7.98. The second-order valence-electron chi connectivity index (χ2n) is 7.15.